The van der Waals surface area contributed by atoms with E-state index in [2.05, 4.69) is 20.7 Å². The number of carboxylic acids is 1. The van der Waals surface area contributed by atoms with Gasteiger partial charge >= 0.3 is 0 Å². The number of amides is 1. The van der Waals surface area contributed by atoms with E-state index in [1.807, 2.05) is 60.0 Å². The number of benzene rings is 3. The molecule has 0 saturated carbocycles. The van der Waals surface area contributed by atoms with Crippen LogP contribution in [0.25, 0.3) is 17.1 Å². The summed E-state index contributed by atoms with van der Waals surface area (Å²) in [6.07, 6.45) is 1.38. The molecule has 10 nitrogen and oxygen atoms in total. The van der Waals surface area contributed by atoms with Crippen molar-refractivity contribution >= 4 is 29.9 Å². The molecule has 194 valence electrons. The molecule has 11 heteroatoms. The lowest BCUT2D eigenvalue weighted by atomic mass is 10.1. The fourth-order valence-electron chi connectivity index (χ4n) is 3.41. The summed E-state index contributed by atoms with van der Waals surface area (Å²) in [5, 5.41) is 23.9. The molecule has 1 aromatic heterocycles. The zero-order valence-corrected chi connectivity index (χ0v) is 21.5. The highest BCUT2D eigenvalue weighted by atomic mass is 32.2. The average molecular weight is 531 g/mol. The van der Waals surface area contributed by atoms with E-state index in [9.17, 15) is 14.7 Å². The van der Waals surface area contributed by atoms with Gasteiger partial charge in [-0.1, -0.05) is 53.7 Å². The van der Waals surface area contributed by atoms with Gasteiger partial charge in [-0.05, 0) is 43.3 Å². The number of carbonyl (C=O) groups excluding carboxylic acids is 2. The van der Waals surface area contributed by atoms with Gasteiger partial charge in [0.05, 0.1) is 25.0 Å². The average Bonchev–Trinajstić information content (AvgIpc) is 3.35. The summed E-state index contributed by atoms with van der Waals surface area (Å²) >= 11 is 1.21. The molecule has 0 fully saturated rings. The maximum atomic E-state index is 12.5. The van der Waals surface area contributed by atoms with Gasteiger partial charge in [-0.3, -0.25) is 9.36 Å². The van der Waals surface area contributed by atoms with Crippen LogP contribution in [-0.4, -0.2) is 52.3 Å². The van der Waals surface area contributed by atoms with Crippen LogP contribution >= 0.6 is 11.8 Å². The number of rotatable bonds is 11. The molecule has 38 heavy (non-hydrogen) atoms. The summed E-state index contributed by atoms with van der Waals surface area (Å²) in [6, 6.07) is 22.2. The van der Waals surface area contributed by atoms with Crippen molar-refractivity contribution in [1.29, 1.82) is 0 Å². The number of hydrogen-bond acceptors (Lipinski definition) is 9. The number of hydrogen-bond donors (Lipinski definition) is 1. The topological polar surface area (TPSA) is 131 Å². The Labute approximate surface area is 223 Å². The minimum absolute atomic E-state index is 0.0301. The number of ether oxygens (including phenoxy) is 2. The van der Waals surface area contributed by atoms with Gasteiger partial charge in [0.1, 0.15) is 18.1 Å². The quantitative estimate of drug-likeness (QED) is 0.178. The summed E-state index contributed by atoms with van der Waals surface area (Å²) in [5.41, 5.74) is 5.80. The number of thioether (sulfide) groups is 1. The second-order valence-corrected chi connectivity index (χ2v) is 8.93. The van der Waals surface area contributed by atoms with Crippen LogP contribution in [0.1, 0.15) is 11.1 Å². The first kappa shape index (κ1) is 26.4. The molecular formula is C27H24N5O5S-. The highest BCUT2D eigenvalue weighted by Gasteiger charge is 2.17. The van der Waals surface area contributed by atoms with Gasteiger partial charge in [-0.2, -0.15) is 5.10 Å². The van der Waals surface area contributed by atoms with Crippen LogP contribution in [0.5, 0.6) is 11.5 Å². The lowest BCUT2D eigenvalue weighted by Crippen LogP contribution is -2.29. The molecule has 0 saturated heterocycles. The van der Waals surface area contributed by atoms with E-state index >= 15 is 0 Å². The molecule has 1 N–H and O–H groups in total. The molecule has 0 unspecified atom stereocenters. The lowest BCUT2D eigenvalue weighted by Gasteiger charge is -2.11. The largest absolute Gasteiger partial charge is 0.546 e. The van der Waals surface area contributed by atoms with Gasteiger partial charge in [0.25, 0.3) is 5.91 Å². The van der Waals surface area contributed by atoms with Crippen LogP contribution in [0.2, 0.25) is 0 Å². The van der Waals surface area contributed by atoms with Crippen LogP contribution in [0.4, 0.5) is 0 Å². The fourth-order valence-corrected chi connectivity index (χ4v) is 4.15. The van der Waals surface area contributed by atoms with Crippen LogP contribution < -0.4 is 20.0 Å². The molecule has 0 atom stereocenters. The van der Waals surface area contributed by atoms with Gasteiger partial charge < -0.3 is 19.4 Å². The minimum Gasteiger partial charge on any atom is -0.546 e. The second kappa shape index (κ2) is 12.5. The summed E-state index contributed by atoms with van der Waals surface area (Å²) in [4.78, 5) is 23.2. The van der Waals surface area contributed by atoms with E-state index in [-0.39, 0.29) is 11.7 Å². The number of nitrogens with zero attached hydrogens (tertiary/aromatic N) is 4. The van der Waals surface area contributed by atoms with E-state index in [4.69, 9.17) is 9.47 Å². The third-order valence-corrected chi connectivity index (χ3v) is 6.19. The van der Waals surface area contributed by atoms with Crippen molar-refractivity contribution in [3.05, 3.63) is 83.9 Å². The fraction of sp³-hybridized carbons (Fsp3) is 0.148. The van der Waals surface area contributed by atoms with Gasteiger partial charge in [0.2, 0.25) is 0 Å². The van der Waals surface area contributed by atoms with E-state index < -0.39 is 12.6 Å². The first-order valence-electron chi connectivity index (χ1n) is 11.5. The number of carbonyl (C=O) groups is 2. The Morgan fingerprint density at radius 3 is 2.50 bits per heavy atom. The van der Waals surface area contributed by atoms with E-state index in [1.54, 1.807) is 31.4 Å². The van der Waals surface area contributed by atoms with Crippen molar-refractivity contribution in [3.8, 4) is 28.6 Å². The molecule has 0 aliphatic carbocycles. The normalized spacial score (nSPS) is 10.9. The number of aliphatic carboxylic acids is 1. The Morgan fingerprint density at radius 1 is 1.05 bits per heavy atom. The lowest BCUT2D eigenvalue weighted by molar-refractivity contribution is -0.307. The summed E-state index contributed by atoms with van der Waals surface area (Å²) in [7, 11) is 1.60. The van der Waals surface area contributed by atoms with Crippen molar-refractivity contribution in [3.63, 3.8) is 0 Å². The van der Waals surface area contributed by atoms with Crippen molar-refractivity contribution < 1.29 is 24.2 Å². The number of aryl methyl sites for hydroxylation is 1. The van der Waals surface area contributed by atoms with E-state index in [0.29, 0.717) is 22.3 Å². The number of methoxy groups -OCH3 is 1. The molecule has 1 amide bonds. The zero-order chi connectivity index (χ0) is 26.9. The number of carboxylic acid groups (broad SMARTS) is 1. The third kappa shape index (κ3) is 6.77. The Morgan fingerprint density at radius 2 is 1.79 bits per heavy atom. The maximum Gasteiger partial charge on any atom is 0.250 e. The molecular weight excluding hydrogens is 506 g/mol. The Hall–Kier alpha value is -4.64. The van der Waals surface area contributed by atoms with Crippen LogP contribution in [0.3, 0.4) is 0 Å². The van der Waals surface area contributed by atoms with Crippen LogP contribution in [-0.2, 0) is 9.59 Å². The molecule has 0 radical (unpaired) electrons. The standard InChI is InChI=1S/C27H25N5O5S/c1-18-7-9-19(10-8-18)26-30-31-27(32(26)21-11-13-22(36-2)14-12-21)38-17-24(33)29-28-15-20-5-3-4-6-23(20)37-16-25(34)35/h3-15H,16-17H2,1-2H3,(H,29,33)(H,34,35)/p-1. The molecule has 0 aliphatic rings. The van der Waals surface area contributed by atoms with Crippen LogP contribution in [0, 0.1) is 6.92 Å². The molecule has 4 rings (SSSR count). The van der Waals surface area contributed by atoms with Crippen molar-refractivity contribution in [2.24, 2.45) is 5.10 Å². The smallest absolute Gasteiger partial charge is 0.250 e. The van der Waals surface area contributed by atoms with E-state index in [0.717, 1.165) is 22.6 Å². The Bertz CT molecular complexity index is 1440. The number of aromatic nitrogens is 3. The maximum absolute atomic E-state index is 12.5. The molecule has 0 aliphatic heterocycles. The van der Waals surface area contributed by atoms with Gasteiger partial charge in [-0.15, -0.1) is 10.2 Å². The minimum atomic E-state index is -1.34. The first-order chi connectivity index (χ1) is 18.4. The zero-order valence-electron chi connectivity index (χ0n) is 20.7. The molecule has 0 bridgehead atoms. The molecule has 1 heterocycles. The summed E-state index contributed by atoms with van der Waals surface area (Å²) < 4.78 is 12.3. The van der Waals surface area contributed by atoms with Crippen molar-refractivity contribution in [2.75, 3.05) is 19.5 Å². The van der Waals surface area contributed by atoms with Crippen LogP contribution in [0.15, 0.2) is 83.1 Å². The SMILES string of the molecule is COc1ccc(-n2c(SCC(=O)NN=Cc3ccccc3OCC(=O)[O-])nnc2-c2ccc(C)cc2)cc1. The molecule has 4 aromatic rings. The first-order valence-corrected chi connectivity index (χ1v) is 12.5. The predicted molar refractivity (Wildman–Crippen MR) is 141 cm³/mol. The second-order valence-electron chi connectivity index (χ2n) is 7.99. The van der Waals surface area contributed by atoms with Gasteiger partial charge in [0, 0.05) is 16.8 Å². The van der Waals surface area contributed by atoms with Crippen molar-refractivity contribution in [2.45, 2.75) is 12.1 Å². The summed E-state index contributed by atoms with van der Waals surface area (Å²) in [6.45, 7) is 1.42. The Balaban J connectivity index is 1.48. The number of para-hydroxylation sites is 1. The van der Waals surface area contributed by atoms with Crippen molar-refractivity contribution in [1.82, 2.24) is 20.2 Å². The molecule has 0 spiro atoms. The van der Waals surface area contributed by atoms with Gasteiger partial charge in [-0.25, -0.2) is 5.43 Å². The third-order valence-electron chi connectivity index (χ3n) is 5.26. The monoisotopic (exact) mass is 530 g/mol. The number of hydrazone groups is 1. The number of nitrogens with one attached hydrogen (secondary N) is 1. The van der Waals surface area contributed by atoms with Gasteiger partial charge in [0.15, 0.2) is 11.0 Å². The summed E-state index contributed by atoms with van der Waals surface area (Å²) in [5.74, 6) is -0.000471. The predicted octanol–water partition coefficient (Wildman–Crippen LogP) is 2.62. The highest BCUT2D eigenvalue weighted by Crippen LogP contribution is 2.29. The highest BCUT2D eigenvalue weighted by molar-refractivity contribution is 7.99. The van der Waals surface area contributed by atoms with E-state index in [1.165, 1.54) is 18.0 Å². The molecule has 3 aromatic carbocycles. The Kier molecular flexibility index (Phi) is 8.73.